The number of pyridine rings is 1. The van der Waals surface area contributed by atoms with Crippen LogP contribution in [0.25, 0.3) is 11.6 Å². The van der Waals surface area contributed by atoms with Crippen molar-refractivity contribution in [3.8, 4) is 11.8 Å². The summed E-state index contributed by atoms with van der Waals surface area (Å²) in [5.41, 5.74) is 0.674. The topological polar surface area (TPSA) is 45.9 Å². The highest BCUT2D eigenvalue weighted by molar-refractivity contribution is 5.89. The SMILES string of the molecule is N#CC(=Cc1ccccc1OC(F)(F)F)c1ccccn1. The van der Waals surface area contributed by atoms with Gasteiger partial charge in [-0.2, -0.15) is 5.26 Å². The number of aromatic nitrogens is 1. The van der Waals surface area contributed by atoms with Gasteiger partial charge in [0.05, 0.1) is 11.3 Å². The van der Waals surface area contributed by atoms with Gasteiger partial charge in [-0.3, -0.25) is 4.98 Å². The molecule has 0 amide bonds. The normalized spacial score (nSPS) is 11.8. The Kier molecular flexibility index (Phi) is 4.24. The first-order chi connectivity index (χ1) is 9.99. The van der Waals surface area contributed by atoms with E-state index in [0.717, 1.165) is 0 Å². The van der Waals surface area contributed by atoms with Crippen molar-refractivity contribution >= 4 is 11.6 Å². The summed E-state index contributed by atoms with van der Waals surface area (Å²) in [5.74, 6) is -0.367. The van der Waals surface area contributed by atoms with Gasteiger partial charge in [0.15, 0.2) is 0 Å². The molecule has 0 atom stereocenters. The van der Waals surface area contributed by atoms with Gasteiger partial charge in [-0.05, 0) is 24.3 Å². The summed E-state index contributed by atoms with van der Waals surface area (Å²) in [5, 5.41) is 9.14. The predicted octanol–water partition coefficient (Wildman–Crippen LogP) is 4.04. The Morgan fingerprint density at radius 3 is 2.48 bits per heavy atom. The molecule has 0 aliphatic heterocycles. The number of allylic oxidation sites excluding steroid dienone is 1. The first kappa shape index (κ1) is 14.6. The monoisotopic (exact) mass is 290 g/mol. The number of rotatable bonds is 3. The number of nitriles is 1. The average molecular weight is 290 g/mol. The van der Waals surface area contributed by atoms with Crippen molar-refractivity contribution in [2.75, 3.05) is 0 Å². The zero-order chi connectivity index (χ0) is 15.3. The number of hydrogen-bond acceptors (Lipinski definition) is 3. The Hall–Kier alpha value is -2.81. The molecule has 0 saturated heterocycles. The van der Waals surface area contributed by atoms with Crippen LogP contribution in [0.5, 0.6) is 5.75 Å². The van der Waals surface area contributed by atoms with E-state index < -0.39 is 6.36 Å². The number of benzene rings is 1. The minimum absolute atomic E-state index is 0.147. The first-order valence-corrected chi connectivity index (χ1v) is 5.87. The molecular formula is C15H9F3N2O. The zero-order valence-electron chi connectivity index (χ0n) is 10.6. The Morgan fingerprint density at radius 2 is 1.86 bits per heavy atom. The number of ether oxygens (including phenoxy) is 1. The molecule has 0 aliphatic carbocycles. The van der Waals surface area contributed by atoms with Crippen LogP contribution >= 0.6 is 0 Å². The van der Waals surface area contributed by atoms with Gasteiger partial charge in [0, 0.05) is 11.8 Å². The van der Waals surface area contributed by atoms with Crippen molar-refractivity contribution in [2.24, 2.45) is 0 Å². The molecule has 0 aliphatic rings. The molecule has 21 heavy (non-hydrogen) atoms. The second-order valence-corrected chi connectivity index (χ2v) is 3.97. The van der Waals surface area contributed by atoms with Gasteiger partial charge in [-0.15, -0.1) is 13.2 Å². The second kappa shape index (κ2) is 6.09. The van der Waals surface area contributed by atoms with Crippen LogP contribution in [0.3, 0.4) is 0 Å². The second-order valence-electron chi connectivity index (χ2n) is 3.97. The minimum atomic E-state index is -4.79. The fourth-order valence-corrected chi connectivity index (χ4v) is 1.66. The first-order valence-electron chi connectivity index (χ1n) is 5.87. The van der Waals surface area contributed by atoms with E-state index in [1.54, 1.807) is 24.3 Å². The zero-order valence-corrected chi connectivity index (χ0v) is 10.6. The molecule has 1 aromatic carbocycles. The van der Waals surface area contributed by atoms with Crippen LogP contribution in [-0.2, 0) is 0 Å². The number of halogens is 3. The Labute approximate surface area is 118 Å². The third kappa shape index (κ3) is 4.08. The maximum Gasteiger partial charge on any atom is 0.573 e. The highest BCUT2D eigenvalue weighted by atomic mass is 19.4. The van der Waals surface area contributed by atoms with E-state index in [4.69, 9.17) is 5.26 Å². The maximum absolute atomic E-state index is 12.3. The average Bonchev–Trinajstić information content (AvgIpc) is 2.45. The van der Waals surface area contributed by atoms with Gasteiger partial charge in [0.2, 0.25) is 0 Å². The van der Waals surface area contributed by atoms with E-state index in [1.165, 1.54) is 30.5 Å². The van der Waals surface area contributed by atoms with Crippen LogP contribution in [0, 0.1) is 11.3 Å². The van der Waals surface area contributed by atoms with Gasteiger partial charge in [-0.1, -0.05) is 24.3 Å². The molecule has 0 fully saturated rings. The van der Waals surface area contributed by atoms with Gasteiger partial charge in [0.25, 0.3) is 0 Å². The quantitative estimate of drug-likeness (QED) is 0.801. The van der Waals surface area contributed by atoms with Crippen LogP contribution in [0.2, 0.25) is 0 Å². The molecule has 2 rings (SSSR count). The number of alkyl halides is 3. The van der Waals surface area contributed by atoms with E-state index in [9.17, 15) is 13.2 Å². The largest absolute Gasteiger partial charge is 0.573 e. The number of hydrogen-bond donors (Lipinski definition) is 0. The summed E-state index contributed by atoms with van der Waals surface area (Å²) in [6.07, 6.45) is -1.98. The highest BCUT2D eigenvalue weighted by Gasteiger charge is 2.31. The van der Waals surface area contributed by atoms with E-state index in [1.807, 2.05) is 6.07 Å². The fraction of sp³-hybridized carbons (Fsp3) is 0.0667. The summed E-state index contributed by atoms with van der Waals surface area (Å²) < 4.78 is 41.0. The third-order valence-corrected chi connectivity index (χ3v) is 2.51. The van der Waals surface area contributed by atoms with Crippen molar-refractivity contribution in [2.45, 2.75) is 6.36 Å². The Bertz CT molecular complexity index is 688. The molecule has 2 aromatic rings. The minimum Gasteiger partial charge on any atom is -0.405 e. The lowest BCUT2D eigenvalue weighted by atomic mass is 10.1. The van der Waals surface area contributed by atoms with Gasteiger partial charge in [0.1, 0.15) is 11.8 Å². The molecule has 0 N–H and O–H groups in total. The van der Waals surface area contributed by atoms with E-state index >= 15 is 0 Å². The molecule has 0 bridgehead atoms. The molecule has 0 unspecified atom stereocenters. The molecule has 1 heterocycles. The lowest BCUT2D eigenvalue weighted by Gasteiger charge is -2.11. The maximum atomic E-state index is 12.3. The van der Waals surface area contributed by atoms with Gasteiger partial charge in [-0.25, -0.2) is 0 Å². The molecule has 0 radical (unpaired) electrons. The molecule has 3 nitrogen and oxygen atoms in total. The summed E-state index contributed by atoms with van der Waals surface area (Å²) >= 11 is 0. The molecule has 1 aromatic heterocycles. The van der Waals surface area contributed by atoms with Gasteiger partial charge < -0.3 is 4.74 Å². The van der Waals surface area contributed by atoms with E-state index in [0.29, 0.717) is 5.69 Å². The van der Waals surface area contributed by atoms with E-state index in [2.05, 4.69) is 9.72 Å². The molecule has 0 spiro atoms. The predicted molar refractivity (Wildman–Crippen MR) is 70.8 cm³/mol. The molecule has 6 heteroatoms. The van der Waals surface area contributed by atoms with Crippen molar-refractivity contribution in [1.29, 1.82) is 5.26 Å². The van der Waals surface area contributed by atoms with Crippen molar-refractivity contribution in [3.05, 3.63) is 59.9 Å². The summed E-state index contributed by atoms with van der Waals surface area (Å²) in [6.45, 7) is 0. The summed E-state index contributed by atoms with van der Waals surface area (Å²) in [6, 6.07) is 12.5. The summed E-state index contributed by atoms with van der Waals surface area (Å²) in [4.78, 5) is 4.00. The van der Waals surface area contributed by atoms with Crippen LogP contribution in [0.4, 0.5) is 13.2 Å². The van der Waals surface area contributed by atoms with Crippen LogP contribution in [0.15, 0.2) is 48.7 Å². The standard InChI is InChI=1S/C15H9F3N2O/c16-15(17,18)21-14-7-2-1-5-11(14)9-12(10-19)13-6-3-4-8-20-13/h1-9H. The van der Waals surface area contributed by atoms with Gasteiger partial charge >= 0.3 is 6.36 Å². The van der Waals surface area contributed by atoms with Crippen molar-refractivity contribution in [3.63, 3.8) is 0 Å². The highest BCUT2D eigenvalue weighted by Crippen LogP contribution is 2.28. The van der Waals surface area contributed by atoms with Crippen LogP contribution in [0.1, 0.15) is 11.3 Å². The van der Waals surface area contributed by atoms with Crippen molar-refractivity contribution in [1.82, 2.24) is 4.98 Å². The van der Waals surface area contributed by atoms with Crippen molar-refractivity contribution < 1.29 is 17.9 Å². The smallest absolute Gasteiger partial charge is 0.405 e. The molecular weight excluding hydrogens is 281 g/mol. The lowest BCUT2D eigenvalue weighted by Crippen LogP contribution is -2.17. The molecule has 0 saturated carbocycles. The van der Waals surface area contributed by atoms with Crippen LogP contribution < -0.4 is 4.74 Å². The number of nitrogens with zero attached hydrogens (tertiary/aromatic N) is 2. The third-order valence-electron chi connectivity index (χ3n) is 2.51. The Morgan fingerprint density at radius 1 is 1.14 bits per heavy atom. The molecule has 106 valence electrons. The summed E-state index contributed by atoms with van der Waals surface area (Å²) in [7, 11) is 0. The fourth-order valence-electron chi connectivity index (χ4n) is 1.66. The Balaban J connectivity index is 2.42. The number of para-hydroxylation sites is 1. The van der Waals surface area contributed by atoms with E-state index in [-0.39, 0.29) is 16.9 Å². The lowest BCUT2D eigenvalue weighted by molar-refractivity contribution is -0.274. The van der Waals surface area contributed by atoms with Crippen LogP contribution in [-0.4, -0.2) is 11.3 Å².